The number of rotatable bonds is 4. The molecule has 1 heterocycles. The molecule has 1 rings (SSSR count). The molecule has 7 heteroatoms. The molecule has 114 valence electrons. The summed E-state index contributed by atoms with van der Waals surface area (Å²) in [6.07, 6.45) is 0. The summed E-state index contributed by atoms with van der Waals surface area (Å²) in [5.41, 5.74) is 0. The van der Waals surface area contributed by atoms with E-state index in [1.807, 2.05) is 13.8 Å². The molecule has 0 unspecified atom stereocenters. The van der Waals surface area contributed by atoms with E-state index in [-0.39, 0.29) is 12.0 Å². The van der Waals surface area contributed by atoms with Crippen LogP contribution in [0, 0.1) is 17.8 Å². The number of carbonyl (C=O) groups is 3. The number of hydrogen-bond acceptors (Lipinski definition) is 7. The number of carbonyl (C=O) groups excluding carboxylic acids is 3. The van der Waals surface area contributed by atoms with Gasteiger partial charge in [0.2, 0.25) is 0 Å². The lowest BCUT2D eigenvalue weighted by Crippen LogP contribution is -2.42. The zero-order chi connectivity index (χ0) is 15.4. The van der Waals surface area contributed by atoms with Crippen LogP contribution in [0.4, 0.5) is 0 Å². The molecule has 1 fully saturated rings. The SMILES string of the molecule is COC(=O)[C@@H]1[C@H](C(=O)OC)[C@H](C(C)C)N[C@@H]1C(=O)OC. The van der Waals surface area contributed by atoms with Crippen LogP contribution in [0.1, 0.15) is 13.8 Å². The summed E-state index contributed by atoms with van der Waals surface area (Å²) < 4.78 is 14.2. The van der Waals surface area contributed by atoms with E-state index in [9.17, 15) is 14.4 Å². The molecule has 0 radical (unpaired) electrons. The van der Waals surface area contributed by atoms with Crippen molar-refractivity contribution in [3.8, 4) is 0 Å². The molecular formula is C13H21NO6. The van der Waals surface area contributed by atoms with Crippen molar-refractivity contribution in [1.29, 1.82) is 0 Å². The maximum atomic E-state index is 12.0. The second-order valence-corrected chi connectivity index (χ2v) is 5.04. The Bertz CT molecular complexity index is 394. The number of nitrogens with one attached hydrogen (secondary N) is 1. The van der Waals surface area contributed by atoms with Gasteiger partial charge >= 0.3 is 17.9 Å². The number of esters is 3. The van der Waals surface area contributed by atoms with Gasteiger partial charge in [0, 0.05) is 6.04 Å². The molecule has 0 saturated carbocycles. The minimum atomic E-state index is -0.952. The Labute approximate surface area is 117 Å². The van der Waals surface area contributed by atoms with Crippen LogP contribution in [0.2, 0.25) is 0 Å². The molecule has 1 aliphatic heterocycles. The third-order valence-corrected chi connectivity index (χ3v) is 3.62. The van der Waals surface area contributed by atoms with E-state index in [1.165, 1.54) is 21.3 Å². The molecule has 0 aromatic carbocycles. The summed E-state index contributed by atoms with van der Waals surface area (Å²) in [5, 5.41) is 3.00. The third-order valence-electron chi connectivity index (χ3n) is 3.62. The first-order valence-electron chi connectivity index (χ1n) is 6.38. The fourth-order valence-corrected chi connectivity index (χ4v) is 2.64. The minimum Gasteiger partial charge on any atom is -0.469 e. The van der Waals surface area contributed by atoms with Gasteiger partial charge in [-0.2, -0.15) is 0 Å². The molecule has 4 atom stereocenters. The quantitative estimate of drug-likeness (QED) is 0.562. The molecular weight excluding hydrogens is 266 g/mol. The van der Waals surface area contributed by atoms with Crippen molar-refractivity contribution in [2.45, 2.75) is 25.9 Å². The molecule has 0 spiro atoms. The van der Waals surface area contributed by atoms with Gasteiger partial charge < -0.3 is 14.2 Å². The van der Waals surface area contributed by atoms with Crippen LogP contribution in [-0.2, 0) is 28.6 Å². The molecule has 0 bridgehead atoms. The molecule has 1 aliphatic rings. The highest BCUT2D eigenvalue weighted by Crippen LogP contribution is 2.34. The lowest BCUT2D eigenvalue weighted by Gasteiger charge is -2.23. The van der Waals surface area contributed by atoms with Crippen molar-refractivity contribution in [2.24, 2.45) is 17.8 Å². The number of ether oxygens (including phenoxy) is 3. The van der Waals surface area contributed by atoms with E-state index < -0.39 is 35.8 Å². The van der Waals surface area contributed by atoms with Crippen molar-refractivity contribution in [3.63, 3.8) is 0 Å². The second-order valence-electron chi connectivity index (χ2n) is 5.04. The molecule has 20 heavy (non-hydrogen) atoms. The van der Waals surface area contributed by atoms with Gasteiger partial charge in [-0.1, -0.05) is 13.8 Å². The Hall–Kier alpha value is -1.63. The van der Waals surface area contributed by atoms with E-state index in [0.29, 0.717) is 0 Å². The standard InChI is InChI=1S/C13H21NO6/c1-6(2)9-7(11(15)18-3)8(12(16)19-4)10(14-9)13(17)20-5/h6-10,14H,1-5H3/t7-,8+,9-,10-/m0/s1. The molecule has 0 amide bonds. The van der Waals surface area contributed by atoms with Gasteiger partial charge in [0.15, 0.2) is 0 Å². The van der Waals surface area contributed by atoms with Crippen molar-refractivity contribution < 1.29 is 28.6 Å². The zero-order valence-corrected chi connectivity index (χ0v) is 12.3. The van der Waals surface area contributed by atoms with Crippen molar-refractivity contribution in [1.82, 2.24) is 5.32 Å². The van der Waals surface area contributed by atoms with Gasteiger partial charge in [0.05, 0.1) is 33.2 Å². The molecule has 1 saturated heterocycles. The van der Waals surface area contributed by atoms with Gasteiger partial charge in [-0.15, -0.1) is 0 Å². The second kappa shape index (κ2) is 6.69. The Kier molecular flexibility index (Phi) is 5.50. The lowest BCUT2D eigenvalue weighted by atomic mass is 9.83. The molecule has 1 N–H and O–H groups in total. The van der Waals surface area contributed by atoms with E-state index >= 15 is 0 Å². The fourth-order valence-electron chi connectivity index (χ4n) is 2.64. The summed E-state index contributed by atoms with van der Waals surface area (Å²) in [5.74, 6) is -3.48. The normalized spacial score (nSPS) is 29.1. The largest absolute Gasteiger partial charge is 0.469 e. The number of methoxy groups -OCH3 is 3. The van der Waals surface area contributed by atoms with Crippen molar-refractivity contribution in [3.05, 3.63) is 0 Å². The van der Waals surface area contributed by atoms with Crippen LogP contribution in [0.5, 0.6) is 0 Å². The van der Waals surface area contributed by atoms with Crippen LogP contribution in [0.25, 0.3) is 0 Å². The van der Waals surface area contributed by atoms with Gasteiger partial charge in [-0.3, -0.25) is 19.7 Å². The van der Waals surface area contributed by atoms with Gasteiger partial charge in [-0.05, 0) is 5.92 Å². The van der Waals surface area contributed by atoms with E-state index in [4.69, 9.17) is 9.47 Å². The van der Waals surface area contributed by atoms with Gasteiger partial charge in [0.25, 0.3) is 0 Å². The Balaban J connectivity index is 3.20. The van der Waals surface area contributed by atoms with Crippen LogP contribution in [0.15, 0.2) is 0 Å². The summed E-state index contributed by atoms with van der Waals surface area (Å²) >= 11 is 0. The molecule has 7 nitrogen and oxygen atoms in total. The average molecular weight is 287 g/mol. The minimum absolute atomic E-state index is 0.0286. The smallest absolute Gasteiger partial charge is 0.323 e. The lowest BCUT2D eigenvalue weighted by molar-refractivity contribution is -0.160. The Morgan fingerprint density at radius 3 is 1.70 bits per heavy atom. The first kappa shape index (κ1) is 16.4. The highest BCUT2D eigenvalue weighted by molar-refractivity contribution is 5.90. The van der Waals surface area contributed by atoms with E-state index in [0.717, 1.165) is 0 Å². The van der Waals surface area contributed by atoms with Gasteiger partial charge in [-0.25, -0.2) is 0 Å². The highest BCUT2D eigenvalue weighted by Gasteiger charge is 2.55. The third kappa shape index (κ3) is 2.92. The van der Waals surface area contributed by atoms with Crippen LogP contribution < -0.4 is 5.32 Å². The van der Waals surface area contributed by atoms with E-state index in [2.05, 4.69) is 10.1 Å². The van der Waals surface area contributed by atoms with E-state index in [1.54, 1.807) is 0 Å². The predicted molar refractivity (Wildman–Crippen MR) is 68.6 cm³/mol. The predicted octanol–water partition coefficient (Wildman–Crippen LogP) is -0.266. The summed E-state index contributed by atoms with van der Waals surface area (Å²) in [6.45, 7) is 3.78. The molecule has 0 aromatic rings. The monoisotopic (exact) mass is 287 g/mol. The topological polar surface area (TPSA) is 90.9 Å². The summed E-state index contributed by atoms with van der Waals surface area (Å²) in [4.78, 5) is 35.8. The average Bonchev–Trinajstić information content (AvgIpc) is 2.85. The van der Waals surface area contributed by atoms with Gasteiger partial charge in [0.1, 0.15) is 6.04 Å². The maximum absolute atomic E-state index is 12.0. The Morgan fingerprint density at radius 2 is 1.30 bits per heavy atom. The van der Waals surface area contributed by atoms with Crippen molar-refractivity contribution >= 4 is 17.9 Å². The van der Waals surface area contributed by atoms with Crippen LogP contribution >= 0.6 is 0 Å². The first-order valence-corrected chi connectivity index (χ1v) is 6.38. The summed E-state index contributed by atoms with van der Waals surface area (Å²) in [6, 6.07) is -1.28. The zero-order valence-electron chi connectivity index (χ0n) is 12.3. The fraction of sp³-hybridized carbons (Fsp3) is 0.769. The van der Waals surface area contributed by atoms with Crippen LogP contribution in [-0.4, -0.2) is 51.3 Å². The number of hydrogen-bond donors (Lipinski definition) is 1. The highest BCUT2D eigenvalue weighted by atomic mass is 16.5. The molecule has 0 aromatic heterocycles. The Morgan fingerprint density at radius 1 is 0.850 bits per heavy atom. The summed E-state index contributed by atoms with van der Waals surface area (Å²) in [7, 11) is 3.70. The van der Waals surface area contributed by atoms with Crippen LogP contribution in [0.3, 0.4) is 0 Å². The molecule has 0 aliphatic carbocycles. The first-order chi connectivity index (χ1) is 9.38. The van der Waals surface area contributed by atoms with Crippen molar-refractivity contribution in [2.75, 3.05) is 21.3 Å². The maximum Gasteiger partial charge on any atom is 0.323 e.